The van der Waals surface area contributed by atoms with Crippen molar-refractivity contribution in [1.29, 1.82) is 5.26 Å². The van der Waals surface area contributed by atoms with E-state index in [2.05, 4.69) is 38.7 Å². The van der Waals surface area contributed by atoms with Gasteiger partial charge in [-0.25, -0.2) is 0 Å². The standard InChI is InChI=1S/C16H25N3S/c1-5-19(12-16(3,4)11-18)14-8-7-9-15(20-6-2)13(14)10-17/h7-9H,5-6,11-12,18H2,1-4H3. The molecule has 0 aliphatic carbocycles. The Kier molecular flexibility index (Phi) is 6.38. The molecule has 0 unspecified atom stereocenters. The third kappa shape index (κ3) is 4.16. The summed E-state index contributed by atoms with van der Waals surface area (Å²) in [6.45, 7) is 10.9. The maximum Gasteiger partial charge on any atom is 0.103 e. The summed E-state index contributed by atoms with van der Waals surface area (Å²) in [6, 6.07) is 8.47. The molecular weight excluding hydrogens is 266 g/mol. The molecule has 0 atom stereocenters. The molecule has 0 bridgehead atoms. The van der Waals surface area contributed by atoms with E-state index in [1.807, 2.05) is 18.2 Å². The van der Waals surface area contributed by atoms with Gasteiger partial charge in [0.15, 0.2) is 0 Å². The van der Waals surface area contributed by atoms with Crippen LogP contribution in [0.15, 0.2) is 23.1 Å². The quantitative estimate of drug-likeness (QED) is 0.781. The van der Waals surface area contributed by atoms with Crippen molar-refractivity contribution in [1.82, 2.24) is 0 Å². The van der Waals surface area contributed by atoms with E-state index >= 15 is 0 Å². The number of nitrogens with two attached hydrogens (primary N) is 1. The SMILES string of the molecule is CCSc1cccc(N(CC)CC(C)(C)CN)c1C#N. The van der Waals surface area contributed by atoms with Crippen LogP contribution in [-0.2, 0) is 0 Å². The molecule has 0 amide bonds. The van der Waals surface area contributed by atoms with Gasteiger partial charge in [-0.05, 0) is 36.8 Å². The zero-order valence-corrected chi connectivity index (χ0v) is 13.8. The Morgan fingerprint density at radius 3 is 2.55 bits per heavy atom. The number of nitrogens with zero attached hydrogens (tertiary/aromatic N) is 2. The summed E-state index contributed by atoms with van der Waals surface area (Å²) in [5.74, 6) is 0.971. The summed E-state index contributed by atoms with van der Waals surface area (Å²) >= 11 is 1.72. The third-order valence-corrected chi connectivity index (χ3v) is 4.25. The Morgan fingerprint density at radius 1 is 1.35 bits per heavy atom. The topological polar surface area (TPSA) is 53.0 Å². The molecule has 2 N–H and O–H groups in total. The highest BCUT2D eigenvalue weighted by Gasteiger charge is 2.22. The number of hydrogen-bond acceptors (Lipinski definition) is 4. The van der Waals surface area contributed by atoms with E-state index in [1.165, 1.54) is 0 Å². The van der Waals surface area contributed by atoms with E-state index in [4.69, 9.17) is 5.73 Å². The van der Waals surface area contributed by atoms with Crippen LogP contribution in [0.3, 0.4) is 0 Å². The molecule has 0 saturated heterocycles. The highest BCUT2D eigenvalue weighted by molar-refractivity contribution is 7.99. The summed E-state index contributed by atoms with van der Waals surface area (Å²) in [5, 5.41) is 9.51. The molecule has 1 aromatic carbocycles. The highest BCUT2D eigenvalue weighted by Crippen LogP contribution is 2.31. The van der Waals surface area contributed by atoms with E-state index < -0.39 is 0 Å². The minimum atomic E-state index is 0.0383. The number of rotatable bonds is 7. The minimum Gasteiger partial charge on any atom is -0.370 e. The predicted molar refractivity (Wildman–Crippen MR) is 88.3 cm³/mol. The Balaban J connectivity index is 3.16. The maximum atomic E-state index is 9.51. The van der Waals surface area contributed by atoms with Crippen molar-refractivity contribution in [2.24, 2.45) is 11.1 Å². The predicted octanol–water partition coefficient (Wildman–Crippen LogP) is 3.48. The van der Waals surface area contributed by atoms with Crippen molar-refractivity contribution in [3.8, 4) is 6.07 Å². The van der Waals surface area contributed by atoms with Crippen LogP contribution >= 0.6 is 11.8 Å². The monoisotopic (exact) mass is 291 g/mol. The molecule has 1 rings (SSSR count). The summed E-state index contributed by atoms with van der Waals surface area (Å²) in [7, 11) is 0. The molecule has 0 spiro atoms. The normalized spacial score (nSPS) is 11.2. The fourth-order valence-corrected chi connectivity index (χ4v) is 2.90. The molecule has 0 aliphatic heterocycles. The van der Waals surface area contributed by atoms with Crippen LogP contribution in [0.4, 0.5) is 5.69 Å². The number of nitriles is 1. The second-order valence-electron chi connectivity index (χ2n) is 5.58. The Labute approximate surface area is 127 Å². The number of thioether (sulfide) groups is 1. The van der Waals surface area contributed by atoms with Crippen LogP contribution in [-0.4, -0.2) is 25.4 Å². The first-order chi connectivity index (χ1) is 9.49. The maximum absolute atomic E-state index is 9.51. The van der Waals surface area contributed by atoms with E-state index in [9.17, 15) is 5.26 Å². The second kappa shape index (κ2) is 7.56. The Bertz CT molecular complexity index is 477. The van der Waals surface area contributed by atoms with Gasteiger partial charge < -0.3 is 10.6 Å². The zero-order valence-electron chi connectivity index (χ0n) is 12.9. The molecule has 3 nitrogen and oxygen atoms in total. The van der Waals surface area contributed by atoms with Gasteiger partial charge in [-0.15, -0.1) is 11.8 Å². The van der Waals surface area contributed by atoms with Crippen molar-refractivity contribution in [2.45, 2.75) is 32.6 Å². The van der Waals surface area contributed by atoms with Crippen molar-refractivity contribution in [3.05, 3.63) is 23.8 Å². The van der Waals surface area contributed by atoms with Gasteiger partial charge in [0, 0.05) is 18.0 Å². The molecule has 0 radical (unpaired) electrons. The van der Waals surface area contributed by atoms with Gasteiger partial charge in [-0.1, -0.05) is 26.8 Å². The van der Waals surface area contributed by atoms with Crippen LogP contribution < -0.4 is 10.6 Å². The van der Waals surface area contributed by atoms with Crippen LogP contribution in [0.5, 0.6) is 0 Å². The molecule has 0 aromatic heterocycles. The summed E-state index contributed by atoms with van der Waals surface area (Å²) < 4.78 is 0. The molecule has 0 fully saturated rings. The highest BCUT2D eigenvalue weighted by atomic mass is 32.2. The van der Waals surface area contributed by atoms with Crippen molar-refractivity contribution in [2.75, 3.05) is 30.3 Å². The van der Waals surface area contributed by atoms with Gasteiger partial charge >= 0.3 is 0 Å². The number of hydrogen-bond donors (Lipinski definition) is 1. The molecule has 0 aliphatic rings. The lowest BCUT2D eigenvalue weighted by atomic mass is 9.92. The average Bonchev–Trinajstić information content (AvgIpc) is 2.45. The lowest BCUT2D eigenvalue weighted by Gasteiger charge is -2.33. The molecule has 4 heteroatoms. The number of benzene rings is 1. The zero-order chi connectivity index (χ0) is 15.2. The van der Waals surface area contributed by atoms with Gasteiger partial charge in [0.25, 0.3) is 0 Å². The first-order valence-electron chi connectivity index (χ1n) is 7.10. The minimum absolute atomic E-state index is 0.0383. The van der Waals surface area contributed by atoms with Gasteiger partial charge in [0.2, 0.25) is 0 Å². The fourth-order valence-electron chi connectivity index (χ4n) is 2.12. The summed E-state index contributed by atoms with van der Waals surface area (Å²) in [4.78, 5) is 3.32. The molecular formula is C16H25N3S. The third-order valence-electron chi connectivity index (χ3n) is 3.31. The van der Waals surface area contributed by atoms with Crippen LogP contribution in [0.1, 0.15) is 33.3 Å². The fraction of sp³-hybridized carbons (Fsp3) is 0.562. The summed E-state index contributed by atoms with van der Waals surface area (Å²) in [5.41, 5.74) is 7.69. The first-order valence-corrected chi connectivity index (χ1v) is 8.08. The lowest BCUT2D eigenvalue weighted by Crippen LogP contribution is -2.39. The smallest absolute Gasteiger partial charge is 0.103 e. The van der Waals surface area contributed by atoms with Crippen LogP contribution in [0.25, 0.3) is 0 Å². The second-order valence-corrected chi connectivity index (χ2v) is 6.88. The molecule has 1 aromatic rings. The van der Waals surface area contributed by atoms with Crippen molar-refractivity contribution >= 4 is 17.4 Å². The van der Waals surface area contributed by atoms with E-state index in [-0.39, 0.29) is 5.41 Å². The van der Waals surface area contributed by atoms with Gasteiger partial charge in [0.1, 0.15) is 6.07 Å². The lowest BCUT2D eigenvalue weighted by molar-refractivity contribution is 0.379. The first kappa shape index (κ1) is 16.9. The van der Waals surface area contributed by atoms with E-state index in [1.54, 1.807) is 11.8 Å². The van der Waals surface area contributed by atoms with Gasteiger partial charge in [-0.3, -0.25) is 0 Å². The van der Waals surface area contributed by atoms with Gasteiger partial charge in [0.05, 0.1) is 11.3 Å². The van der Waals surface area contributed by atoms with Gasteiger partial charge in [-0.2, -0.15) is 5.26 Å². The number of anilines is 1. The Hall–Kier alpha value is -1.18. The van der Waals surface area contributed by atoms with Crippen molar-refractivity contribution < 1.29 is 0 Å². The molecule has 0 heterocycles. The van der Waals surface area contributed by atoms with E-state index in [0.29, 0.717) is 6.54 Å². The van der Waals surface area contributed by atoms with Crippen LogP contribution in [0, 0.1) is 16.7 Å². The van der Waals surface area contributed by atoms with Crippen molar-refractivity contribution in [3.63, 3.8) is 0 Å². The Morgan fingerprint density at radius 2 is 2.05 bits per heavy atom. The van der Waals surface area contributed by atoms with E-state index in [0.717, 1.165) is 35.0 Å². The molecule has 110 valence electrons. The largest absolute Gasteiger partial charge is 0.370 e. The summed E-state index contributed by atoms with van der Waals surface area (Å²) in [6.07, 6.45) is 0. The molecule has 0 saturated carbocycles. The average molecular weight is 291 g/mol. The molecule has 20 heavy (non-hydrogen) atoms. The van der Waals surface area contributed by atoms with Crippen LogP contribution in [0.2, 0.25) is 0 Å².